The second kappa shape index (κ2) is 5.27. The van der Waals surface area contributed by atoms with E-state index in [4.69, 9.17) is 17.3 Å². The average molecular weight is 286 g/mol. The molecule has 2 N–H and O–H groups in total. The van der Waals surface area contributed by atoms with Gasteiger partial charge in [0.25, 0.3) is 0 Å². The Hall–Kier alpha value is -1.84. The Morgan fingerprint density at radius 3 is 2.85 bits per heavy atom. The van der Waals surface area contributed by atoms with Gasteiger partial charge in [-0.25, -0.2) is 4.98 Å². The summed E-state index contributed by atoms with van der Waals surface area (Å²) in [6.45, 7) is 2.67. The number of aromatic nitrogens is 2. The van der Waals surface area contributed by atoms with Crippen molar-refractivity contribution in [3.63, 3.8) is 0 Å². The normalized spacial score (nSPS) is 12.8. The van der Waals surface area contributed by atoms with Crippen molar-refractivity contribution in [3.8, 4) is 0 Å². The number of hydrogen-bond acceptors (Lipinski definition) is 2. The Labute approximate surface area is 123 Å². The lowest BCUT2D eigenvalue weighted by Crippen LogP contribution is -2.17. The fourth-order valence-electron chi connectivity index (χ4n) is 2.31. The third-order valence-electron chi connectivity index (χ3n) is 3.54. The maximum atomic E-state index is 6.29. The molecule has 1 atom stereocenters. The largest absolute Gasteiger partial charge is 0.329 e. The van der Waals surface area contributed by atoms with E-state index < -0.39 is 0 Å². The minimum absolute atomic E-state index is 0.106. The fraction of sp³-hybridized carbons (Fsp3) is 0.188. The van der Waals surface area contributed by atoms with E-state index in [1.807, 2.05) is 49.6 Å². The molecule has 0 aliphatic heterocycles. The summed E-state index contributed by atoms with van der Waals surface area (Å²) in [6, 6.07) is 13.9. The van der Waals surface area contributed by atoms with Gasteiger partial charge in [0.1, 0.15) is 0 Å². The molecule has 0 aliphatic carbocycles. The van der Waals surface area contributed by atoms with Crippen LogP contribution in [0.15, 0.2) is 48.8 Å². The van der Waals surface area contributed by atoms with Gasteiger partial charge in [-0.2, -0.15) is 0 Å². The van der Waals surface area contributed by atoms with E-state index in [0.717, 1.165) is 27.2 Å². The molecule has 3 nitrogen and oxygen atoms in total. The maximum absolute atomic E-state index is 6.29. The number of imidazole rings is 1. The van der Waals surface area contributed by atoms with Gasteiger partial charge in [-0.1, -0.05) is 35.9 Å². The highest BCUT2D eigenvalue weighted by Gasteiger charge is 2.10. The first kappa shape index (κ1) is 13.2. The van der Waals surface area contributed by atoms with Crippen molar-refractivity contribution < 1.29 is 0 Å². The molecule has 3 aromatic rings. The second-order valence-corrected chi connectivity index (χ2v) is 5.41. The predicted molar refractivity (Wildman–Crippen MR) is 82.9 cm³/mol. The zero-order valence-corrected chi connectivity index (χ0v) is 12.0. The Balaban J connectivity index is 1.88. The first-order valence-corrected chi connectivity index (χ1v) is 6.94. The molecule has 20 heavy (non-hydrogen) atoms. The van der Waals surface area contributed by atoms with Crippen LogP contribution in [0.5, 0.6) is 0 Å². The molecule has 0 saturated heterocycles. The van der Waals surface area contributed by atoms with Gasteiger partial charge in [-0.05, 0) is 36.2 Å². The van der Waals surface area contributed by atoms with Gasteiger partial charge in [0.15, 0.2) is 0 Å². The predicted octanol–water partition coefficient (Wildman–Crippen LogP) is 3.70. The first-order valence-electron chi connectivity index (χ1n) is 6.56. The highest BCUT2D eigenvalue weighted by atomic mass is 35.5. The van der Waals surface area contributed by atoms with Crippen molar-refractivity contribution in [2.45, 2.75) is 19.5 Å². The maximum Gasteiger partial charge on any atom is 0.0958 e. The number of nitrogens with two attached hydrogens (primary N) is 1. The van der Waals surface area contributed by atoms with Crippen LogP contribution in [0.1, 0.15) is 17.2 Å². The van der Waals surface area contributed by atoms with E-state index in [9.17, 15) is 0 Å². The van der Waals surface area contributed by atoms with Crippen molar-refractivity contribution in [1.29, 1.82) is 0 Å². The van der Waals surface area contributed by atoms with Crippen LogP contribution in [-0.4, -0.2) is 9.55 Å². The second-order valence-electron chi connectivity index (χ2n) is 5.00. The Morgan fingerprint density at radius 1 is 1.25 bits per heavy atom. The molecule has 0 bridgehead atoms. The first-order chi connectivity index (χ1) is 9.65. The molecule has 3 rings (SSSR count). The smallest absolute Gasteiger partial charge is 0.0958 e. The summed E-state index contributed by atoms with van der Waals surface area (Å²) in [5.74, 6) is 0. The topological polar surface area (TPSA) is 43.8 Å². The van der Waals surface area contributed by atoms with Gasteiger partial charge in [0, 0.05) is 17.6 Å². The molecule has 4 heteroatoms. The van der Waals surface area contributed by atoms with Gasteiger partial charge in [0.2, 0.25) is 0 Å². The van der Waals surface area contributed by atoms with Crippen LogP contribution in [-0.2, 0) is 6.54 Å². The number of para-hydroxylation sites is 2. The summed E-state index contributed by atoms with van der Waals surface area (Å²) >= 11 is 6.16. The molecule has 0 saturated carbocycles. The number of aryl methyl sites for hydroxylation is 1. The van der Waals surface area contributed by atoms with E-state index in [0.29, 0.717) is 6.54 Å². The molecule has 102 valence electrons. The Kier molecular flexibility index (Phi) is 3.47. The minimum atomic E-state index is -0.106. The third kappa shape index (κ3) is 2.42. The van der Waals surface area contributed by atoms with Crippen molar-refractivity contribution in [1.82, 2.24) is 9.55 Å². The van der Waals surface area contributed by atoms with E-state index in [2.05, 4.69) is 15.6 Å². The molecule has 0 aliphatic rings. The lowest BCUT2D eigenvalue weighted by Gasteiger charge is -2.14. The fourth-order valence-corrected chi connectivity index (χ4v) is 2.50. The van der Waals surface area contributed by atoms with Crippen molar-refractivity contribution in [2.75, 3.05) is 0 Å². The van der Waals surface area contributed by atoms with Gasteiger partial charge < -0.3 is 10.3 Å². The van der Waals surface area contributed by atoms with Crippen LogP contribution in [0.4, 0.5) is 0 Å². The van der Waals surface area contributed by atoms with Crippen LogP contribution >= 0.6 is 11.6 Å². The highest BCUT2D eigenvalue weighted by molar-refractivity contribution is 6.31. The van der Waals surface area contributed by atoms with E-state index in [1.54, 1.807) is 0 Å². The van der Waals surface area contributed by atoms with Crippen LogP contribution in [0.3, 0.4) is 0 Å². The van der Waals surface area contributed by atoms with Gasteiger partial charge in [-0.15, -0.1) is 0 Å². The van der Waals surface area contributed by atoms with E-state index >= 15 is 0 Å². The summed E-state index contributed by atoms with van der Waals surface area (Å²) < 4.78 is 2.08. The lowest BCUT2D eigenvalue weighted by molar-refractivity contribution is 0.588. The average Bonchev–Trinajstić information content (AvgIpc) is 2.85. The van der Waals surface area contributed by atoms with Crippen LogP contribution in [0.2, 0.25) is 5.02 Å². The molecule has 0 fully saturated rings. The van der Waals surface area contributed by atoms with Crippen LogP contribution in [0.25, 0.3) is 11.0 Å². The van der Waals surface area contributed by atoms with Crippen LogP contribution in [0, 0.1) is 6.92 Å². The standard InChI is InChI=1S/C16H16ClN3/c1-11-6-7-12(8-13(11)17)14(18)9-20-10-19-15-4-2-3-5-16(15)20/h2-8,10,14H,9,18H2,1H3. The molecule has 1 heterocycles. The van der Waals surface area contributed by atoms with Gasteiger partial charge in [0.05, 0.1) is 17.4 Å². The molecule has 0 amide bonds. The molecule has 2 aromatic carbocycles. The molecule has 0 spiro atoms. The summed E-state index contributed by atoms with van der Waals surface area (Å²) in [7, 11) is 0. The summed E-state index contributed by atoms with van der Waals surface area (Å²) in [5, 5.41) is 0.758. The number of fused-ring (bicyclic) bond motifs is 1. The molecule has 1 aromatic heterocycles. The van der Waals surface area contributed by atoms with E-state index in [1.165, 1.54) is 0 Å². The lowest BCUT2D eigenvalue weighted by atomic mass is 10.1. The quantitative estimate of drug-likeness (QED) is 0.797. The summed E-state index contributed by atoms with van der Waals surface area (Å²) in [5.41, 5.74) is 10.5. The zero-order valence-electron chi connectivity index (χ0n) is 11.3. The minimum Gasteiger partial charge on any atom is -0.329 e. The number of nitrogens with zero attached hydrogens (tertiary/aromatic N) is 2. The number of benzene rings is 2. The SMILES string of the molecule is Cc1ccc(C(N)Cn2cnc3ccccc32)cc1Cl. The zero-order chi connectivity index (χ0) is 14.1. The van der Waals surface area contributed by atoms with E-state index in [-0.39, 0.29) is 6.04 Å². The third-order valence-corrected chi connectivity index (χ3v) is 3.95. The number of rotatable bonds is 3. The Morgan fingerprint density at radius 2 is 2.05 bits per heavy atom. The molecular weight excluding hydrogens is 270 g/mol. The van der Waals surface area contributed by atoms with Crippen LogP contribution < -0.4 is 5.73 Å². The monoisotopic (exact) mass is 285 g/mol. The van der Waals surface area contributed by atoms with Crippen molar-refractivity contribution in [3.05, 3.63) is 64.9 Å². The summed E-state index contributed by atoms with van der Waals surface area (Å²) in [6.07, 6.45) is 1.83. The molecular formula is C16H16ClN3. The van der Waals surface area contributed by atoms with Crippen molar-refractivity contribution >= 4 is 22.6 Å². The van der Waals surface area contributed by atoms with Gasteiger partial charge >= 0.3 is 0 Å². The number of halogens is 1. The highest BCUT2D eigenvalue weighted by Crippen LogP contribution is 2.22. The molecule has 1 unspecified atom stereocenters. The molecule has 0 radical (unpaired) electrons. The summed E-state index contributed by atoms with van der Waals surface area (Å²) in [4.78, 5) is 4.38. The Bertz CT molecular complexity index is 748. The van der Waals surface area contributed by atoms with Crippen molar-refractivity contribution in [2.24, 2.45) is 5.73 Å². The number of hydrogen-bond donors (Lipinski definition) is 1. The van der Waals surface area contributed by atoms with Gasteiger partial charge in [-0.3, -0.25) is 0 Å².